The van der Waals surface area contributed by atoms with Gasteiger partial charge in [0.2, 0.25) is 6.79 Å². The summed E-state index contributed by atoms with van der Waals surface area (Å²) in [6.45, 7) is 9.94. The van der Waals surface area contributed by atoms with E-state index >= 15 is 0 Å². The molecule has 7 heteroatoms. The van der Waals surface area contributed by atoms with Crippen LogP contribution in [-0.2, 0) is 17.6 Å². The third-order valence-electron chi connectivity index (χ3n) is 7.76. The van der Waals surface area contributed by atoms with Crippen LogP contribution in [0.25, 0.3) is 0 Å². The van der Waals surface area contributed by atoms with Crippen molar-refractivity contribution in [2.45, 2.75) is 58.9 Å². The summed E-state index contributed by atoms with van der Waals surface area (Å²) in [7, 11) is 1.99. The third-order valence-corrected chi connectivity index (χ3v) is 7.76. The first-order chi connectivity index (χ1) is 19.4. The van der Waals surface area contributed by atoms with Crippen molar-refractivity contribution in [3.05, 3.63) is 82.2 Å². The predicted molar refractivity (Wildman–Crippen MR) is 157 cm³/mol. The van der Waals surface area contributed by atoms with Crippen molar-refractivity contribution < 1.29 is 23.4 Å². The van der Waals surface area contributed by atoms with Crippen LogP contribution in [0, 0.1) is 12.7 Å². The fourth-order valence-corrected chi connectivity index (χ4v) is 5.81. The number of halogens is 1. The number of hydrogen-bond donors (Lipinski definition) is 1. The molecule has 3 aromatic rings. The van der Waals surface area contributed by atoms with Crippen molar-refractivity contribution in [3.8, 4) is 17.2 Å². The van der Waals surface area contributed by atoms with Crippen LogP contribution in [0.5, 0.6) is 17.2 Å². The number of anilines is 1. The molecule has 5 rings (SSSR count). The summed E-state index contributed by atoms with van der Waals surface area (Å²) in [6, 6.07) is 15.5. The van der Waals surface area contributed by atoms with Gasteiger partial charge >= 0.3 is 0 Å². The van der Waals surface area contributed by atoms with Crippen LogP contribution in [0.15, 0.2) is 48.5 Å². The summed E-state index contributed by atoms with van der Waals surface area (Å²) in [5.74, 6) is 1.96. The highest BCUT2D eigenvalue weighted by atomic mass is 19.1. The molecule has 0 unspecified atom stereocenters. The molecule has 2 aliphatic heterocycles. The van der Waals surface area contributed by atoms with Crippen LogP contribution >= 0.6 is 0 Å². The molecule has 0 radical (unpaired) electrons. The molecule has 2 aliphatic rings. The van der Waals surface area contributed by atoms with E-state index in [-0.39, 0.29) is 31.1 Å². The number of fused-ring (bicyclic) bond motifs is 1. The molecule has 1 N–H and O–H groups in total. The summed E-state index contributed by atoms with van der Waals surface area (Å²) < 4.78 is 31.2. The van der Waals surface area contributed by atoms with Crippen molar-refractivity contribution >= 4 is 12.0 Å². The first-order valence-corrected chi connectivity index (χ1v) is 14.2. The molecule has 0 bridgehead atoms. The van der Waals surface area contributed by atoms with Crippen LogP contribution in [0.3, 0.4) is 0 Å². The summed E-state index contributed by atoms with van der Waals surface area (Å²) in [6.07, 6.45) is 3.82. The van der Waals surface area contributed by atoms with E-state index in [4.69, 9.17) is 14.2 Å². The van der Waals surface area contributed by atoms with Gasteiger partial charge in [-0.1, -0.05) is 44.2 Å². The fourth-order valence-electron chi connectivity index (χ4n) is 5.81. The molecule has 214 valence electrons. The van der Waals surface area contributed by atoms with E-state index in [0.717, 1.165) is 48.2 Å². The first kappa shape index (κ1) is 29.4. The average molecular weight is 549 g/mol. The maximum atomic E-state index is 14.8. The van der Waals surface area contributed by atoms with Gasteiger partial charge < -0.3 is 24.3 Å². The number of aldehydes is 1. The van der Waals surface area contributed by atoms with Crippen molar-refractivity contribution in [1.29, 1.82) is 0 Å². The molecule has 2 atom stereocenters. The zero-order valence-electron chi connectivity index (χ0n) is 24.3. The second-order valence-corrected chi connectivity index (χ2v) is 10.2. The maximum absolute atomic E-state index is 14.8. The molecular weight excluding hydrogens is 507 g/mol. The highest BCUT2D eigenvalue weighted by Gasteiger charge is 2.36. The molecule has 0 spiro atoms. The predicted octanol–water partition coefficient (Wildman–Crippen LogP) is 6.84. The highest BCUT2D eigenvalue weighted by molar-refractivity contribution is 5.57. The van der Waals surface area contributed by atoms with Gasteiger partial charge in [-0.2, -0.15) is 0 Å². The molecular formula is C33H41FN2O4. The Labute approximate surface area is 237 Å². The standard InChI is InChI=1S/C22H24FNO4.C11H17N/c1-3-26-17-4-5-18(19(23)11-17)20-9-16(12-24(20)6-7-25)15-8-14(2)22-21(10-15)27-13-28-22;1-4-9-7-6-8-10(5-2)11(9)12-3/h4-5,7-8,10-11,16,20H,3,6,9,12-13H2,1-2H3;6-8,12H,4-5H2,1-3H3/t16-,20-;/m1./s1. The molecule has 0 aromatic heterocycles. The highest BCUT2D eigenvalue weighted by Crippen LogP contribution is 2.45. The zero-order valence-corrected chi connectivity index (χ0v) is 24.3. The minimum absolute atomic E-state index is 0.156. The average Bonchev–Trinajstić information content (AvgIpc) is 3.61. The van der Waals surface area contributed by atoms with E-state index in [2.05, 4.69) is 43.4 Å². The Hall–Kier alpha value is -3.58. The number of carbonyl (C=O) groups excluding carboxylic acids is 1. The van der Waals surface area contributed by atoms with Crippen molar-refractivity contribution in [2.75, 3.05) is 38.9 Å². The molecule has 3 aromatic carbocycles. The molecule has 40 heavy (non-hydrogen) atoms. The van der Waals surface area contributed by atoms with Gasteiger partial charge in [0, 0.05) is 37.0 Å². The maximum Gasteiger partial charge on any atom is 0.231 e. The van der Waals surface area contributed by atoms with Crippen LogP contribution in [0.2, 0.25) is 0 Å². The number of likely N-dealkylation sites (tertiary alicyclic amines) is 1. The van der Waals surface area contributed by atoms with Gasteiger partial charge in [0.05, 0.1) is 13.2 Å². The monoisotopic (exact) mass is 548 g/mol. The lowest BCUT2D eigenvalue weighted by atomic mass is 9.92. The molecule has 0 amide bonds. The largest absolute Gasteiger partial charge is 0.494 e. The Morgan fingerprint density at radius 1 is 1.07 bits per heavy atom. The molecule has 2 heterocycles. The number of aryl methyl sites for hydroxylation is 3. The second kappa shape index (κ2) is 13.7. The van der Waals surface area contributed by atoms with Crippen LogP contribution in [0.1, 0.15) is 67.0 Å². The molecule has 0 saturated carbocycles. The Kier molecular flexibility index (Phi) is 10.0. The van der Waals surface area contributed by atoms with Crippen LogP contribution in [-0.4, -0.2) is 44.7 Å². The van der Waals surface area contributed by atoms with E-state index < -0.39 is 0 Å². The van der Waals surface area contributed by atoms with Gasteiger partial charge in [-0.05, 0) is 73.4 Å². The summed E-state index contributed by atoms with van der Waals surface area (Å²) >= 11 is 0. The Balaban J connectivity index is 0.000000259. The van der Waals surface area contributed by atoms with E-state index in [1.807, 2.05) is 31.9 Å². The number of nitrogens with one attached hydrogen (secondary N) is 1. The van der Waals surface area contributed by atoms with E-state index in [1.54, 1.807) is 12.1 Å². The number of ether oxygens (including phenoxy) is 3. The summed E-state index contributed by atoms with van der Waals surface area (Å²) in [5, 5.41) is 3.27. The van der Waals surface area contributed by atoms with Gasteiger partial charge in [0.1, 0.15) is 17.9 Å². The molecule has 1 fully saturated rings. The first-order valence-electron chi connectivity index (χ1n) is 14.2. The number of nitrogens with zero attached hydrogens (tertiary/aromatic N) is 1. The van der Waals surface area contributed by atoms with Gasteiger partial charge in [0.25, 0.3) is 0 Å². The Morgan fingerprint density at radius 2 is 1.82 bits per heavy atom. The van der Waals surface area contributed by atoms with Gasteiger partial charge in [-0.3, -0.25) is 4.90 Å². The number of benzene rings is 3. The lowest BCUT2D eigenvalue weighted by Gasteiger charge is -2.23. The lowest BCUT2D eigenvalue weighted by molar-refractivity contribution is -0.109. The van der Waals surface area contributed by atoms with E-state index in [1.165, 1.54) is 22.9 Å². The Morgan fingerprint density at radius 3 is 2.45 bits per heavy atom. The molecule has 0 aliphatic carbocycles. The van der Waals surface area contributed by atoms with Gasteiger partial charge in [-0.25, -0.2) is 4.39 Å². The number of carbonyl (C=O) groups is 1. The normalized spacial score (nSPS) is 17.8. The van der Waals surface area contributed by atoms with Crippen LogP contribution in [0.4, 0.5) is 10.1 Å². The zero-order chi connectivity index (χ0) is 28.6. The van der Waals surface area contributed by atoms with Crippen LogP contribution < -0.4 is 19.5 Å². The van der Waals surface area contributed by atoms with E-state index in [0.29, 0.717) is 24.5 Å². The lowest BCUT2D eigenvalue weighted by Crippen LogP contribution is -2.26. The van der Waals surface area contributed by atoms with E-state index in [9.17, 15) is 9.18 Å². The number of para-hydroxylation sites is 1. The quantitative estimate of drug-likeness (QED) is 0.295. The second-order valence-electron chi connectivity index (χ2n) is 10.2. The number of rotatable bonds is 9. The smallest absolute Gasteiger partial charge is 0.231 e. The molecule has 6 nitrogen and oxygen atoms in total. The summed E-state index contributed by atoms with van der Waals surface area (Å²) in [5.41, 5.74) is 6.91. The van der Waals surface area contributed by atoms with Crippen molar-refractivity contribution in [3.63, 3.8) is 0 Å². The van der Waals surface area contributed by atoms with Gasteiger partial charge in [0.15, 0.2) is 11.5 Å². The van der Waals surface area contributed by atoms with Gasteiger partial charge in [-0.15, -0.1) is 0 Å². The fraction of sp³-hybridized carbons (Fsp3) is 0.424. The minimum atomic E-state index is -0.297. The summed E-state index contributed by atoms with van der Waals surface area (Å²) in [4.78, 5) is 13.3. The third kappa shape index (κ3) is 6.41. The van der Waals surface area contributed by atoms with Crippen molar-refractivity contribution in [1.82, 2.24) is 4.90 Å². The Bertz CT molecular complexity index is 1290. The SMILES string of the molecule is CCOc1ccc([C@H]2C[C@@H](c3cc(C)c4c(c3)OCO4)CN2CC=O)c(F)c1.CCc1cccc(CC)c1NC. The van der Waals surface area contributed by atoms with Crippen molar-refractivity contribution in [2.24, 2.45) is 0 Å². The molecule has 1 saturated heterocycles. The number of hydrogen-bond acceptors (Lipinski definition) is 6. The minimum Gasteiger partial charge on any atom is -0.494 e. The topological polar surface area (TPSA) is 60.0 Å².